The predicted molar refractivity (Wildman–Crippen MR) is 88.5 cm³/mol. The molecule has 24 heavy (non-hydrogen) atoms. The van der Waals surface area contributed by atoms with Crippen LogP contribution in [-0.4, -0.2) is 24.9 Å². The van der Waals surface area contributed by atoms with Gasteiger partial charge in [-0.1, -0.05) is 24.3 Å². The lowest BCUT2D eigenvalue weighted by atomic mass is 10.0. The second-order valence-electron chi connectivity index (χ2n) is 6.36. The SMILES string of the molecule is CC(C)(C)OC(=O)NCCc1cc2ccccc2cc1OC(F)F. The van der Waals surface area contributed by atoms with E-state index in [4.69, 9.17) is 4.74 Å². The van der Waals surface area contributed by atoms with Crippen LogP contribution in [0.3, 0.4) is 0 Å². The lowest BCUT2D eigenvalue weighted by molar-refractivity contribution is -0.0503. The predicted octanol–water partition coefficient (Wildman–Crippen LogP) is 4.51. The Bertz CT molecular complexity index is 711. The smallest absolute Gasteiger partial charge is 0.407 e. The zero-order valence-corrected chi connectivity index (χ0v) is 13.9. The van der Waals surface area contributed by atoms with E-state index in [1.165, 1.54) is 0 Å². The molecule has 0 saturated carbocycles. The van der Waals surface area contributed by atoms with Crippen molar-refractivity contribution in [1.82, 2.24) is 5.32 Å². The second kappa shape index (κ2) is 7.47. The Morgan fingerprint density at radius 1 is 1.17 bits per heavy atom. The van der Waals surface area contributed by atoms with E-state index >= 15 is 0 Å². The first-order valence-electron chi connectivity index (χ1n) is 7.68. The highest BCUT2D eigenvalue weighted by Gasteiger charge is 2.16. The number of hydrogen-bond donors (Lipinski definition) is 1. The van der Waals surface area contributed by atoms with Crippen LogP contribution in [0.25, 0.3) is 10.8 Å². The van der Waals surface area contributed by atoms with Crippen molar-refractivity contribution in [1.29, 1.82) is 0 Å². The highest BCUT2D eigenvalue weighted by atomic mass is 19.3. The minimum atomic E-state index is -2.90. The number of carbonyl (C=O) groups excluding carboxylic acids is 1. The van der Waals surface area contributed by atoms with Gasteiger partial charge in [0.2, 0.25) is 0 Å². The first-order valence-corrected chi connectivity index (χ1v) is 7.68. The minimum Gasteiger partial charge on any atom is -0.444 e. The molecule has 0 spiro atoms. The topological polar surface area (TPSA) is 47.6 Å². The fourth-order valence-corrected chi connectivity index (χ4v) is 2.28. The molecule has 0 bridgehead atoms. The fourth-order valence-electron chi connectivity index (χ4n) is 2.28. The molecule has 0 aliphatic rings. The van der Waals surface area contributed by atoms with Crippen LogP contribution in [0.4, 0.5) is 13.6 Å². The Morgan fingerprint density at radius 3 is 2.38 bits per heavy atom. The molecule has 0 saturated heterocycles. The summed E-state index contributed by atoms with van der Waals surface area (Å²) in [6.45, 7) is 2.66. The maximum atomic E-state index is 12.6. The first-order chi connectivity index (χ1) is 11.2. The van der Waals surface area contributed by atoms with Crippen LogP contribution in [0.2, 0.25) is 0 Å². The Labute approximate surface area is 139 Å². The number of benzene rings is 2. The Morgan fingerprint density at radius 2 is 1.79 bits per heavy atom. The molecule has 0 fully saturated rings. The number of nitrogens with one attached hydrogen (secondary N) is 1. The van der Waals surface area contributed by atoms with Gasteiger partial charge in [0.25, 0.3) is 0 Å². The van der Waals surface area contributed by atoms with Crippen molar-refractivity contribution in [2.75, 3.05) is 6.54 Å². The van der Waals surface area contributed by atoms with E-state index in [0.29, 0.717) is 12.0 Å². The van der Waals surface area contributed by atoms with Crippen molar-refractivity contribution in [3.63, 3.8) is 0 Å². The number of carbonyl (C=O) groups is 1. The Kier molecular flexibility index (Phi) is 5.59. The average Bonchev–Trinajstić information content (AvgIpc) is 2.45. The molecule has 0 aliphatic carbocycles. The summed E-state index contributed by atoms with van der Waals surface area (Å²) in [5, 5.41) is 4.35. The molecule has 6 heteroatoms. The van der Waals surface area contributed by atoms with Gasteiger partial charge in [0.1, 0.15) is 11.4 Å². The number of fused-ring (bicyclic) bond motifs is 1. The lowest BCUT2D eigenvalue weighted by Gasteiger charge is -2.20. The van der Waals surface area contributed by atoms with Crippen LogP contribution in [0.15, 0.2) is 36.4 Å². The number of rotatable bonds is 5. The quantitative estimate of drug-likeness (QED) is 0.873. The van der Waals surface area contributed by atoms with Gasteiger partial charge >= 0.3 is 12.7 Å². The normalized spacial score (nSPS) is 11.6. The third-order valence-electron chi connectivity index (χ3n) is 3.21. The molecule has 0 heterocycles. The van der Waals surface area contributed by atoms with E-state index in [9.17, 15) is 13.6 Å². The van der Waals surface area contributed by atoms with Crippen LogP contribution < -0.4 is 10.1 Å². The van der Waals surface area contributed by atoms with Crippen molar-refractivity contribution in [3.05, 3.63) is 42.0 Å². The maximum Gasteiger partial charge on any atom is 0.407 e. The molecular weight excluding hydrogens is 316 g/mol. The molecule has 130 valence electrons. The van der Waals surface area contributed by atoms with Gasteiger partial charge in [-0.2, -0.15) is 8.78 Å². The van der Waals surface area contributed by atoms with Gasteiger partial charge < -0.3 is 14.8 Å². The molecule has 1 N–H and O–H groups in total. The van der Waals surface area contributed by atoms with Crippen molar-refractivity contribution in [3.8, 4) is 5.75 Å². The van der Waals surface area contributed by atoms with Crippen molar-refractivity contribution < 1.29 is 23.0 Å². The molecule has 0 atom stereocenters. The van der Waals surface area contributed by atoms with Gasteiger partial charge in [-0.25, -0.2) is 4.79 Å². The Hall–Kier alpha value is -2.37. The van der Waals surface area contributed by atoms with Crippen LogP contribution >= 0.6 is 0 Å². The van der Waals surface area contributed by atoms with Gasteiger partial charge in [0.15, 0.2) is 0 Å². The first kappa shape index (κ1) is 18.0. The number of alkyl halides is 2. The molecule has 0 aliphatic heterocycles. The molecular formula is C18H21F2NO3. The van der Waals surface area contributed by atoms with Gasteiger partial charge in [-0.3, -0.25) is 0 Å². The summed E-state index contributed by atoms with van der Waals surface area (Å²) in [7, 11) is 0. The summed E-state index contributed by atoms with van der Waals surface area (Å²) in [5.74, 6) is 0.120. The molecule has 0 radical (unpaired) electrons. The summed E-state index contributed by atoms with van der Waals surface area (Å²) in [4.78, 5) is 11.6. The third kappa shape index (κ3) is 5.37. The van der Waals surface area contributed by atoms with Crippen LogP contribution in [0, 0.1) is 0 Å². The molecule has 2 rings (SSSR count). The molecule has 2 aromatic rings. The number of halogens is 2. The highest BCUT2D eigenvalue weighted by molar-refractivity contribution is 5.85. The molecule has 1 amide bonds. The summed E-state index contributed by atoms with van der Waals surface area (Å²) in [6, 6.07) is 10.8. The van der Waals surface area contributed by atoms with Crippen LogP contribution in [-0.2, 0) is 11.2 Å². The molecule has 4 nitrogen and oxygen atoms in total. The van der Waals surface area contributed by atoms with Gasteiger partial charge in [-0.15, -0.1) is 0 Å². The summed E-state index contributed by atoms with van der Waals surface area (Å²) < 4.78 is 35.0. The third-order valence-corrected chi connectivity index (χ3v) is 3.21. The van der Waals surface area contributed by atoms with E-state index in [0.717, 1.165) is 10.8 Å². The van der Waals surface area contributed by atoms with Gasteiger partial charge in [0, 0.05) is 6.54 Å². The maximum absolute atomic E-state index is 12.6. The monoisotopic (exact) mass is 337 g/mol. The lowest BCUT2D eigenvalue weighted by Crippen LogP contribution is -2.33. The summed E-state index contributed by atoms with van der Waals surface area (Å²) in [6.07, 6.45) is -0.189. The van der Waals surface area contributed by atoms with E-state index in [-0.39, 0.29) is 12.3 Å². The minimum absolute atomic E-state index is 0.120. The van der Waals surface area contributed by atoms with Crippen LogP contribution in [0.1, 0.15) is 26.3 Å². The van der Waals surface area contributed by atoms with E-state index in [1.807, 2.05) is 24.3 Å². The molecule has 0 aromatic heterocycles. The van der Waals surface area contributed by atoms with E-state index in [2.05, 4.69) is 10.1 Å². The fraction of sp³-hybridized carbons (Fsp3) is 0.389. The van der Waals surface area contributed by atoms with Crippen molar-refractivity contribution in [2.45, 2.75) is 39.4 Å². The Balaban J connectivity index is 2.10. The number of amides is 1. The number of ether oxygens (including phenoxy) is 2. The summed E-state index contributed by atoms with van der Waals surface area (Å²) >= 11 is 0. The van der Waals surface area contributed by atoms with Crippen molar-refractivity contribution >= 4 is 16.9 Å². The average molecular weight is 337 g/mol. The molecule has 0 unspecified atom stereocenters. The van der Waals surface area contributed by atoms with Crippen LogP contribution in [0.5, 0.6) is 5.75 Å². The zero-order valence-electron chi connectivity index (χ0n) is 13.9. The van der Waals surface area contributed by atoms with E-state index in [1.54, 1.807) is 32.9 Å². The summed E-state index contributed by atoms with van der Waals surface area (Å²) in [5.41, 5.74) is 0.0156. The zero-order chi connectivity index (χ0) is 17.7. The van der Waals surface area contributed by atoms with Gasteiger partial charge in [0.05, 0.1) is 0 Å². The van der Waals surface area contributed by atoms with Gasteiger partial charge in [-0.05, 0) is 55.7 Å². The standard InChI is InChI=1S/C18H21F2NO3/c1-18(2,3)24-17(22)21-9-8-14-10-12-6-4-5-7-13(12)11-15(14)23-16(19)20/h4-7,10-11,16H,8-9H2,1-3H3,(H,21,22). The van der Waals surface area contributed by atoms with Crippen molar-refractivity contribution in [2.24, 2.45) is 0 Å². The molecule has 2 aromatic carbocycles. The largest absolute Gasteiger partial charge is 0.444 e. The second-order valence-corrected chi connectivity index (χ2v) is 6.36. The van der Waals surface area contributed by atoms with E-state index < -0.39 is 18.3 Å². The number of hydrogen-bond acceptors (Lipinski definition) is 3. The highest BCUT2D eigenvalue weighted by Crippen LogP contribution is 2.27. The number of alkyl carbamates (subject to hydrolysis) is 1.